The topological polar surface area (TPSA) is 85.8 Å². The van der Waals surface area contributed by atoms with Crippen LogP contribution in [0.3, 0.4) is 0 Å². The van der Waals surface area contributed by atoms with Crippen LogP contribution in [0.4, 0.5) is 0 Å². The minimum Gasteiger partial charge on any atom is -0.294 e. The maximum Gasteiger partial charge on any atom is 0.241 e. The van der Waals surface area contributed by atoms with Gasteiger partial charge in [-0.3, -0.25) is 10.2 Å². The first kappa shape index (κ1) is 11.5. The van der Waals surface area contributed by atoms with Crippen molar-refractivity contribution in [2.45, 2.75) is 20.4 Å². The zero-order valence-corrected chi connectivity index (χ0v) is 9.84. The van der Waals surface area contributed by atoms with E-state index in [1.54, 1.807) is 4.68 Å². The lowest BCUT2D eigenvalue weighted by Crippen LogP contribution is -2.43. The molecule has 17 heavy (non-hydrogen) atoms. The number of fused-ring (bicyclic) bond motifs is 1. The number of hydrogen-bond donors (Lipinski definition) is 2. The van der Waals surface area contributed by atoms with Crippen molar-refractivity contribution < 1.29 is 4.79 Å². The molecular formula is C11H15N5O. The molecule has 2 aromatic rings. The standard InChI is InChI=1S/C11H15N5O/c1-11(2,10(17)13-12)7-16-9-6-4-3-5-8(9)14-15-16/h3-6H,7,12H2,1-2H3,(H,13,17). The number of nitrogens with two attached hydrogens (primary N) is 1. The first-order chi connectivity index (χ1) is 8.04. The Labute approximate surface area is 98.8 Å². The Morgan fingerprint density at radius 2 is 2.18 bits per heavy atom. The van der Waals surface area contributed by atoms with Crippen LogP contribution < -0.4 is 11.3 Å². The van der Waals surface area contributed by atoms with E-state index in [9.17, 15) is 4.79 Å². The zero-order chi connectivity index (χ0) is 12.5. The number of nitrogens with one attached hydrogen (secondary N) is 1. The average Bonchev–Trinajstić information content (AvgIpc) is 2.71. The molecule has 90 valence electrons. The number of hydrogen-bond acceptors (Lipinski definition) is 4. The number of hydrazine groups is 1. The van der Waals surface area contributed by atoms with Crippen molar-refractivity contribution in [1.29, 1.82) is 0 Å². The lowest BCUT2D eigenvalue weighted by atomic mass is 9.92. The van der Waals surface area contributed by atoms with Crippen molar-refractivity contribution in [3.05, 3.63) is 24.3 Å². The van der Waals surface area contributed by atoms with Gasteiger partial charge in [0.05, 0.1) is 17.5 Å². The maximum atomic E-state index is 11.6. The van der Waals surface area contributed by atoms with Crippen LogP contribution in [0.1, 0.15) is 13.8 Å². The molecule has 0 spiro atoms. The van der Waals surface area contributed by atoms with Crippen molar-refractivity contribution in [2.75, 3.05) is 0 Å². The Morgan fingerprint density at radius 3 is 2.88 bits per heavy atom. The highest BCUT2D eigenvalue weighted by atomic mass is 16.2. The molecule has 1 heterocycles. The third kappa shape index (κ3) is 2.12. The van der Waals surface area contributed by atoms with Crippen LogP contribution in [-0.4, -0.2) is 20.9 Å². The number of aromatic nitrogens is 3. The second-order valence-corrected chi connectivity index (χ2v) is 4.59. The quantitative estimate of drug-likeness (QED) is 0.458. The maximum absolute atomic E-state index is 11.6. The van der Waals surface area contributed by atoms with E-state index < -0.39 is 5.41 Å². The highest BCUT2D eigenvalue weighted by Crippen LogP contribution is 2.20. The third-order valence-electron chi connectivity index (χ3n) is 2.71. The van der Waals surface area contributed by atoms with E-state index in [1.807, 2.05) is 38.1 Å². The molecule has 1 amide bonds. The summed E-state index contributed by atoms with van der Waals surface area (Å²) in [7, 11) is 0. The summed E-state index contributed by atoms with van der Waals surface area (Å²) in [4.78, 5) is 11.6. The summed E-state index contributed by atoms with van der Waals surface area (Å²) >= 11 is 0. The van der Waals surface area contributed by atoms with Gasteiger partial charge >= 0.3 is 0 Å². The number of nitrogens with zero attached hydrogens (tertiary/aromatic N) is 3. The minimum atomic E-state index is -0.634. The van der Waals surface area contributed by atoms with Crippen LogP contribution in [-0.2, 0) is 11.3 Å². The molecule has 0 atom stereocenters. The highest BCUT2D eigenvalue weighted by molar-refractivity contribution is 5.81. The summed E-state index contributed by atoms with van der Waals surface area (Å²) in [5.74, 6) is 4.93. The molecule has 0 bridgehead atoms. The van der Waals surface area contributed by atoms with E-state index in [4.69, 9.17) is 5.84 Å². The average molecular weight is 233 g/mol. The molecule has 1 aromatic carbocycles. The van der Waals surface area contributed by atoms with E-state index in [1.165, 1.54) is 0 Å². The van der Waals surface area contributed by atoms with Gasteiger partial charge < -0.3 is 0 Å². The molecular weight excluding hydrogens is 218 g/mol. The molecule has 0 saturated carbocycles. The van der Waals surface area contributed by atoms with Gasteiger partial charge in [-0.25, -0.2) is 10.5 Å². The number of carbonyl (C=O) groups excluding carboxylic acids is 1. The van der Waals surface area contributed by atoms with Gasteiger partial charge in [-0.1, -0.05) is 17.3 Å². The molecule has 0 aliphatic heterocycles. The van der Waals surface area contributed by atoms with Gasteiger partial charge in [0, 0.05) is 0 Å². The highest BCUT2D eigenvalue weighted by Gasteiger charge is 2.28. The van der Waals surface area contributed by atoms with Gasteiger partial charge in [0.15, 0.2) is 0 Å². The fraction of sp³-hybridized carbons (Fsp3) is 0.364. The van der Waals surface area contributed by atoms with E-state index in [-0.39, 0.29) is 5.91 Å². The lowest BCUT2D eigenvalue weighted by Gasteiger charge is -2.21. The Morgan fingerprint density at radius 1 is 1.47 bits per heavy atom. The van der Waals surface area contributed by atoms with E-state index in [2.05, 4.69) is 15.7 Å². The monoisotopic (exact) mass is 233 g/mol. The van der Waals surface area contributed by atoms with E-state index >= 15 is 0 Å². The number of amides is 1. The van der Waals surface area contributed by atoms with E-state index in [0.29, 0.717) is 6.54 Å². The van der Waals surface area contributed by atoms with Crippen molar-refractivity contribution >= 4 is 16.9 Å². The predicted molar refractivity (Wildman–Crippen MR) is 63.6 cm³/mol. The second kappa shape index (κ2) is 4.14. The SMILES string of the molecule is CC(C)(Cn1nnc2ccccc21)C(=O)NN. The second-order valence-electron chi connectivity index (χ2n) is 4.59. The van der Waals surface area contributed by atoms with Crippen molar-refractivity contribution in [2.24, 2.45) is 11.3 Å². The van der Waals surface area contributed by atoms with Gasteiger partial charge in [-0.15, -0.1) is 5.10 Å². The normalized spacial score (nSPS) is 11.7. The smallest absolute Gasteiger partial charge is 0.241 e. The molecule has 3 N–H and O–H groups in total. The number of carbonyl (C=O) groups is 1. The number of para-hydroxylation sites is 1. The fourth-order valence-corrected chi connectivity index (χ4v) is 1.68. The molecule has 6 nitrogen and oxygen atoms in total. The van der Waals surface area contributed by atoms with Crippen LogP contribution in [0, 0.1) is 5.41 Å². The predicted octanol–water partition coefficient (Wildman–Crippen LogP) is 0.447. The summed E-state index contributed by atoms with van der Waals surface area (Å²) < 4.78 is 1.71. The molecule has 0 radical (unpaired) electrons. The molecule has 0 unspecified atom stereocenters. The lowest BCUT2D eigenvalue weighted by molar-refractivity contribution is -0.130. The van der Waals surface area contributed by atoms with Crippen LogP contribution in [0.25, 0.3) is 11.0 Å². The Balaban J connectivity index is 2.33. The van der Waals surface area contributed by atoms with Crippen molar-refractivity contribution in [3.63, 3.8) is 0 Å². The van der Waals surface area contributed by atoms with Gasteiger partial charge in [0.1, 0.15) is 5.52 Å². The first-order valence-electron chi connectivity index (χ1n) is 5.34. The van der Waals surface area contributed by atoms with Crippen LogP contribution in [0.2, 0.25) is 0 Å². The van der Waals surface area contributed by atoms with E-state index in [0.717, 1.165) is 11.0 Å². The molecule has 0 aliphatic carbocycles. The zero-order valence-electron chi connectivity index (χ0n) is 9.84. The fourth-order valence-electron chi connectivity index (χ4n) is 1.68. The Bertz CT molecular complexity index is 546. The molecule has 1 aromatic heterocycles. The number of rotatable bonds is 3. The Kier molecular flexibility index (Phi) is 2.81. The third-order valence-corrected chi connectivity index (χ3v) is 2.71. The summed E-state index contributed by atoms with van der Waals surface area (Å²) in [6.07, 6.45) is 0. The Hall–Kier alpha value is -1.95. The summed E-state index contributed by atoms with van der Waals surface area (Å²) in [6, 6.07) is 7.62. The summed E-state index contributed by atoms with van der Waals surface area (Å²) in [6.45, 7) is 4.05. The van der Waals surface area contributed by atoms with Gasteiger partial charge in [0.2, 0.25) is 5.91 Å². The molecule has 0 aliphatic rings. The van der Waals surface area contributed by atoms with Crippen LogP contribution >= 0.6 is 0 Å². The van der Waals surface area contributed by atoms with Crippen molar-refractivity contribution in [1.82, 2.24) is 20.4 Å². The van der Waals surface area contributed by atoms with Crippen molar-refractivity contribution in [3.8, 4) is 0 Å². The summed E-state index contributed by atoms with van der Waals surface area (Å²) in [5.41, 5.74) is 3.26. The van der Waals surface area contributed by atoms with Crippen LogP contribution in [0.5, 0.6) is 0 Å². The molecule has 2 rings (SSSR count). The van der Waals surface area contributed by atoms with Crippen LogP contribution in [0.15, 0.2) is 24.3 Å². The molecule has 0 saturated heterocycles. The van der Waals surface area contributed by atoms with Gasteiger partial charge in [-0.2, -0.15) is 0 Å². The largest absolute Gasteiger partial charge is 0.294 e. The van der Waals surface area contributed by atoms with Gasteiger partial charge in [-0.05, 0) is 26.0 Å². The summed E-state index contributed by atoms with van der Waals surface area (Å²) in [5, 5.41) is 8.08. The first-order valence-corrected chi connectivity index (χ1v) is 5.34. The molecule has 6 heteroatoms. The number of benzene rings is 1. The minimum absolute atomic E-state index is 0.225. The molecule has 0 fully saturated rings. The van der Waals surface area contributed by atoms with Gasteiger partial charge in [0.25, 0.3) is 0 Å².